The van der Waals surface area contributed by atoms with Gasteiger partial charge in [-0.05, 0) is 73.7 Å². The van der Waals surface area contributed by atoms with Crippen molar-refractivity contribution < 1.29 is 9.59 Å². The lowest BCUT2D eigenvalue weighted by Crippen LogP contribution is -2.35. The molecular weight excluding hydrogens is 386 g/mol. The minimum absolute atomic E-state index is 0.00428. The largest absolute Gasteiger partial charge is 0.334 e. The molecule has 3 aromatic rings. The first-order chi connectivity index (χ1) is 14.9. The number of carbonyl (C=O) groups is 2. The zero-order valence-electron chi connectivity index (χ0n) is 18.1. The maximum Gasteiger partial charge on any atom is 0.319 e. The molecule has 31 heavy (non-hydrogen) atoms. The Kier molecular flexibility index (Phi) is 5.76. The summed E-state index contributed by atoms with van der Waals surface area (Å²) in [6.07, 6.45) is 0.828. The van der Waals surface area contributed by atoms with Crippen LogP contribution in [0.25, 0.3) is 0 Å². The fourth-order valence-corrected chi connectivity index (χ4v) is 4.01. The number of benzene rings is 3. The van der Waals surface area contributed by atoms with E-state index >= 15 is 0 Å². The number of nitrogens with one attached hydrogen (secondary N) is 2. The molecule has 1 atom stereocenters. The van der Waals surface area contributed by atoms with Gasteiger partial charge in [-0.3, -0.25) is 4.79 Å². The Morgan fingerprint density at radius 3 is 2.55 bits per heavy atom. The van der Waals surface area contributed by atoms with E-state index in [0.29, 0.717) is 12.1 Å². The number of carbonyl (C=O) groups excluding carboxylic acids is 2. The molecule has 0 radical (unpaired) electrons. The number of amides is 3. The van der Waals surface area contributed by atoms with Crippen LogP contribution >= 0.6 is 0 Å². The molecule has 1 heterocycles. The monoisotopic (exact) mass is 413 g/mol. The molecule has 0 fully saturated rings. The summed E-state index contributed by atoms with van der Waals surface area (Å²) in [6.45, 7) is 6.41. The first-order valence-electron chi connectivity index (χ1n) is 10.5. The Hall–Kier alpha value is -3.60. The Morgan fingerprint density at radius 1 is 1.00 bits per heavy atom. The van der Waals surface area contributed by atoms with E-state index < -0.39 is 0 Å². The second kappa shape index (κ2) is 8.64. The van der Waals surface area contributed by atoms with E-state index in [1.807, 2.05) is 79.4 Å². The van der Waals surface area contributed by atoms with Crippen LogP contribution in [0.4, 0.5) is 16.2 Å². The molecule has 158 valence electrons. The summed E-state index contributed by atoms with van der Waals surface area (Å²) in [7, 11) is 0. The minimum atomic E-state index is -0.250. The lowest BCUT2D eigenvalue weighted by Gasteiger charge is -2.23. The molecule has 0 bridgehead atoms. The van der Waals surface area contributed by atoms with E-state index in [-0.39, 0.29) is 18.0 Å². The van der Waals surface area contributed by atoms with E-state index in [1.54, 1.807) is 0 Å². The zero-order valence-corrected chi connectivity index (χ0v) is 18.1. The van der Waals surface area contributed by atoms with Gasteiger partial charge >= 0.3 is 6.03 Å². The van der Waals surface area contributed by atoms with Gasteiger partial charge in [0.25, 0.3) is 5.91 Å². The van der Waals surface area contributed by atoms with Gasteiger partial charge in [0, 0.05) is 29.5 Å². The number of anilines is 2. The standard InChI is InChI=1S/C26H27N3O2/c1-17-9-10-18(2)23(13-17)28-26(31)27-16-20-11-12-22-14-19(3)29(24(22)15-20)25(30)21-7-5-4-6-8-21/h4-13,15,19H,14,16H2,1-3H3,(H2,27,28,31)/t19-/m0/s1. The highest BCUT2D eigenvalue weighted by atomic mass is 16.2. The third kappa shape index (κ3) is 4.45. The van der Waals surface area contributed by atoms with Crippen LogP contribution in [0.15, 0.2) is 66.7 Å². The SMILES string of the molecule is Cc1ccc(C)c(NC(=O)NCc2ccc3c(c2)N(C(=O)c2ccccc2)[C@@H](C)C3)c1. The fourth-order valence-electron chi connectivity index (χ4n) is 4.01. The maximum absolute atomic E-state index is 13.1. The minimum Gasteiger partial charge on any atom is -0.334 e. The summed E-state index contributed by atoms with van der Waals surface area (Å²) >= 11 is 0. The smallest absolute Gasteiger partial charge is 0.319 e. The van der Waals surface area contributed by atoms with Crippen molar-refractivity contribution in [2.75, 3.05) is 10.2 Å². The maximum atomic E-state index is 13.1. The number of hydrogen-bond acceptors (Lipinski definition) is 2. The predicted octanol–water partition coefficient (Wildman–Crippen LogP) is 5.22. The summed E-state index contributed by atoms with van der Waals surface area (Å²) in [6, 6.07) is 21.3. The highest BCUT2D eigenvalue weighted by Crippen LogP contribution is 2.34. The molecule has 0 aliphatic carbocycles. The van der Waals surface area contributed by atoms with Gasteiger partial charge in [0.1, 0.15) is 0 Å². The topological polar surface area (TPSA) is 61.4 Å². The Labute approximate surface area is 183 Å². The second-order valence-electron chi connectivity index (χ2n) is 8.18. The molecule has 1 aliphatic heterocycles. The lowest BCUT2D eigenvalue weighted by atomic mass is 10.1. The summed E-state index contributed by atoms with van der Waals surface area (Å²) in [4.78, 5) is 27.4. The van der Waals surface area contributed by atoms with E-state index in [9.17, 15) is 9.59 Å². The van der Waals surface area contributed by atoms with Crippen molar-refractivity contribution in [1.29, 1.82) is 0 Å². The Bertz CT molecular complexity index is 1120. The third-order valence-corrected chi connectivity index (χ3v) is 5.70. The van der Waals surface area contributed by atoms with Crippen LogP contribution < -0.4 is 15.5 Å². The zero-order chi connectivity index (χ0) is 22.0. The summed E-state index contributed by atoms with van der Waals surface area (Å²) < 4.78 is 0. The van der Waals surface area contributed by atoms with Crippen LogP contribution in [-0.4, -0.2) is 18.0 Å². The highest BCUT2D eigenvalue weighted by molar-refractivity contribution is 6.07. The second-order valence-corrected chi connectivity index (χ2v) is 8.18. The van der Waals surface area contributed by atoms with Crippen molar-refractivity contribution >= 4 is 23.3 Å². The van der Waals surface area contributed by atoms with Crippen LogP contribution in [-0.2, 0) is 13.0 Å². The van der Waals surface area contributed by atoms with Gasteiger partial charge in [0.2, 0.25) is 0 Å². The normalized spacial score (nSPS) is 14.8. The number of hydrogen-bond donors (Lipinski definition) is 2. The van der Waals surface area contributed by atoms with Crippen LogP contribution in [0, 0.1) is 13.8 Å². The highest BCUT2D eigenvalue weighted by Gasteiger charge is 2.31. The van der Waals surface area contributed by atoms with Crippen molar-refractivity contribution in [2.45, 2.75) is 39.8 Å². The summed E-state index contributed by atoms with van der Waals surface area (Å²) in [5, 5.41) is 5.83. The molecule has 0 spiro atoms. The van der Waals surface area contributed by atoms with Crippen molar-refractivity contribution in [1.82, 2.24) is 5.32 Å². The average molecular weight is 414 g/mol. The molecule has 2 N–H and O–H groups in total. The molecular formula is C26H27N3O2. The van der Waals surface area contributed by atoms with Crippen LogP contribution in [0.5, 0.6) is 0 Å². The van der Waals surface area contributed by atoms with Crippen LogP contribution in [0.3, 0.4) is 0 Å². The number of urea groups is 1. The van der Waals surface area contributed by atoms with Gasteiger partial charge in [-0.25, -0.2) is 4.79 Å². The summed E-state index contributed by atoms with van der Waals surface area (Å²) in [5.74, 6) is 0.00428. The quantitative estimate of drug-likeness (QED) is 0.616. The molecule has 0 aromatic heterocycles. The van der Waals surface area contributed by atoms with E-state index in [0.717, 1.165) is 40.0 Å². The van der Waals surface area contributed by atoms with Gasteiger partial charge in [-0.1, -0.05) is 42.5 Å². The van der Waals surface area contributed by atoms with E-state index in [4.69, 9.17) is 0 Å². The first kappa shape index (κ1) is 20.7. The molecule has 0 unspecified atom stereocenters. The van der Waals surface area contributed by atoms with Crippen molar-refractivity contribution in [2.24, 2.45) is 0 Å². The Balaban J connectivity index is 1.47. The molecule has 4 rings (SSSR count). The predicted molar refractivity (Wildman–Crippen MR) is 125 cm³/mol. The van der Waals surface area contributed by atoms with Crippen molar-refractivity contribution in [3.05, 3.63) is 94.5 Å². The average Bonchev–Trinajstić information content (AvgIpc) is 3.10. The van der Waals surface area contributed by atoms with Crippen molar-refractivity contribution in [3.8, 4) is 0 Å². The molecule has 1 aliphatic rings. The molecule has 5 heteroatoms. The molecule has 0 saturated carbocycles. The molecule has 3 aromatic carbocycles. The number of fused-ring (bicyclic) bond motifs is 1. The van der Waals surface area contributed by atoms with Crippen LogP contribution in [0.1, 0.15) is 39.5 Å². The first-order valence-corrected chi connectivity index (χ1v) is 10.5. The van der Waals surface area contributed by atoms with E-state index in [1.165, 1.54) is 0 Å². The number of aryl methyl sites for hydroxylation is 2. The molecule has 3 amide bonds. The fraction of sp³-hybridized carbons (Fsp3) is 0.231. The van der Waals surface area contributed by atoms with Crippen LogP contribution in [0.2, 0.25) is 0 Å². The van der Waals surface area contributed by atoms with Gasteiger partial charge in [-0.2, -0.15) is 0 Å². The van der Waals surface area contributed by atoms with Gasteiger partial charge in [-0.15, -0.1) is 0 Å². The van der Waals surface area contributed by atoms with Gasteiger partial charge in [0.05, 0.1) is 0 Å². The number of nitrogens with zero attached hydrogens (tertiary/aromatic N) is 1. The third-order valence-electron chi connectivity index (χ3n) is 5.70. The van der Waals surface area contributed by atoms with Gasteiger partial charge < -0.3 is 15.5 Å². The summed E-state index contributed by atoms with van der Waals surface area (Å²) in [5.41, 5.74) is 6.63. The number of rotatable bonds is 4. The Morgan fingerprint density at radius 2 is 1.77 bits per heavy atom. The molecule has 0 saturated heterocycles. The van der Waals surface area contributed by atoms with E-state index in [2.05, 4.69) is 23.6 Å². The van der Waals surface area contributed by atoms with Gasteiger partial charge in [0.15, 0.2) is 0 Å². The van der Waals surface area contributed by atoms with Crippen molar-refractivity contribution in [3.63, 3.8) is 0 Å². The lowest BCUT2D eigenvalue weighted by molar-refractivity contribution is 0.0981. The molecule has 5 nitrogen and oxygen atoms in total.